The molecule has 0 heterocycles. The summed E-state index contributed by atoms with van der Waals surface area (Å²) >= 11 is 9.69. The summed E-state index contributed by atoms with van der Waals surface area (Å²) in [7, 11) is 1.69. The predicted octanol–water partition coefficient (Wildman–Crippen LogP) is 4.59. The van der Waals surface area contributed by atoms with E-state index >= 15 is 0 Å². The van der Waals surface area contributed by atoms with Crippen molar-refractivity contribution in [2.45, 2.75) is 33.2 Å². The van der Waals surface area contributed by atoms with Crippen molar-refractivity contribution in [1.82, 2.24) is 5.32 Å². The molecule has 0 fully saturated rings. The van der Waals surface area contributed by atoms with E-state index in [1.54, 1.807) is 7.11 Å². The molecule has 0 saturated carbocycles. The smallest absolute Gasteiger partial charge is 0.119 e. The first-order valence-corrected chi connectivity index (χ1v) is 8.02. The van der Waals surface area contributed by atoms with Crippen LogP contribution in [0.25, 0.3) is 0 Å². The summed E-state index contributed by atoms with van der Waals surface area (Å²) in [5.74, 6) is 1.58. The van der Waals surface area contributed by atoms with Crippen LogP contribution in [-0.4, -0.2) is 19.5 Å². The van der Waals surface area contributed by atoms with Crippen molar-refractivity contribution in [1.29, 1.82) is 0 Å². The van der Waals surface area contributed by atoms with Gasteiger partial charge in [0.2, 0.25) is 0 Å². The van der Waals surface area contributed by atoms with Gasteiger partial charge in [-0.15, -0.1) is 11.6 Å². The zero-order chi connectivity index (χ0) is 14.3. The molecule has 0 bridgehead atoms. The van der Waals surface area contributed by atoms with Crippen molar-refractivity contribution in [2.24, 2.45) is 5.41 Å². The molecule has 0 aliphatic rings. The number of benzene rings is 1. The third-order valence-electron chi connectivity index (χ3n) is 3.85. The second kappa shape index (κ2) is 8.13. The van der Waals surface area contributed by atoms with Gasteiger partial charge in [-0.2, -0.15) is 0 Å². The molecule has 1 N–H and O–H groups in total. The summed E-state index contributed by atoms with van der Waals surface area (Å²) < 4.78 is 6.35. The van der Waals surface area contributed by atoms with Crippen molar-refractivity contribution in [2.75, 3.05) is 19.5 Å². The third kappa shape index (κ3) is 4.66. The monoisotopic (exact) mass is 347 g/mol. The number of hydrogen-bond acceptors (Lipinski definition) is 2. The van der Waals surface area contributed by atoms with Gasteiger partial charge in [0, 0.05) is 23.4 Å². The van der Waals surface area contributed by atoms with Crippen molar-refractivity contribution >= 4 is 27.5 Å². The van der Waals surface area contributed by atoms with Crippen LogP contribution in [0.2, 0.25) is 0 Å². The fourth-order valence-electron chi connectivity index (χ4n) is 2.01. The summed E-state index contributed by atoms with van der Waals surface area (Å²) in [4.78, 5) is 0. The standard InChI is InChI=1S/C15H23BrClNO/c1-4-15(5-2,10-17)11-18-9-12-8-13(19-3)6-7-14(12)16/h6-8,18H,4-5,9-11H2,1-3H3. The zero-order valence-corrected chi connectivity index (χ0v) is 14.3. The van der Waals surface area contributed by atoms with Crippen LogP contribution in [0, 0.1) is 5.41 Å². The van der Waals surface area contributed by atoms with Gasteiger partial charge in [0.15, 0.2) is 0 Å². The predicted molar refractivity (Wildman–Crippen MR) is 86.1 cm³/mol. The number of alkyl halides is 1. The first kappa shape index (κ1) is 16.8. The molecule has 1 aromatic rings. The van der Waals surface area contributed by atoms with Crippen LogP contribution >= 0.6 is 27.5 Å². The van der Waals surface area contributed by atoms with E-state index in [1.807, 2.05) is 12.1 Å². The van der Waals surface area contributed by atoms with Crippen molar-refractivity contribution in [3.05, 3.63) is 28.2 Å². The molecule has 0 radical (unpaired) electrons. The van der Waals surface area contributed by atoms with Gasteiger partial charge in [-0.05, 0) is 42.0 Å². The van der Waals surface area contributed by atoms with E-state index < -0.39 is 0 Å². The highest BCUT2D eigenvalue weighted by Gasteiger charge is 2.24. The Kier molecular flexibility index (Phi) is 7.19. The van der Waals surface area contributed by atoms with Crippen molar-refractivity contribution in [3.8, 4) is 5.75 Å². The minimum absolute atomic E-state index is 0.201. The van der Waals surface area contributed by atoms with Crippen molar-refractivity contribution in [3.63, 3.8) is 0 Å². The fraction of sp³-hybridized carbons (Fsp3) is 0.600. The van der Waals surface area contributed by atoms with E-state index in [9.17, 15) is 0 Å². The maximum absolute atomic E-state index is 6.12. The van der Waals surface area contributed by atoms with E-state index in [1.165, 1.54) is 5.56 Å². The number of hydrogen-bond donors (Lipinski definition) is 1. The lowest BCUT2D eigenvalue weighted by atomic mass is 9.84. The normalized spacial score (nSPS) is 11.6. The molecule has 0 unspecified atom stereocenters. The summed E-state index contributed by atoms with van der Waals surface area (Å²) in [6.45, 7) is 6.16. The highest BCUT2D eigenvalue weighted by molar-refractivity contribution is 9.10. The number of nitrogens with one attached hydrogen (secondary N) is 1. The molecular formula is C15H23BrClNO. The number of methoxy groups -OCH3 is 1. The molecule has 1 aromatic carbocycles. The molecular weight excluding hydrogens is 326 g/mol. The summed E-state index contributed by atoms with van der Waals surface area (Å²) in [6, 6.07) is 6.02. The first-order valence-electron chi connectivity index (χ1n) is 6.70. The average molecular weight is 349 g/mol. The lowest BCUT2D eigenvalue weighted by molar-refractivity contribution is 0.286. The van der Waals surface area contributed by atoms with Gasteiger partial charge in [0.05, 0.1) is 7.11 Å². The Bertz CT molecular complexity index is 385. The van der Waals surface area contributed by atoms with Crippen LogP contribution in [0.4, 0.5) is 0 Å². The van der Waals surface area contributed by atoms with Gasteiger partial charge < -0.3 is 10.1 Å². The van der Waals surface area contributed by atoms with Crippen LogP contribution in [0.1, 0.15) is 32.3 Å². The van der Waals surface area contributed by atoms with Gasteiger partial charge in [0.25, 0.3) is 0 Å². The van der Waals surface area contributed by atoms with Crippen LogP contribution < -0.4 is 10.1 Å². The van der Waals surface area contributed by atoms with E-state index in [0.717, 1.165) is 36.2 Å². The molecule has 0 spiro atoms. The molecule has 0 aromatic heterocycles. The molecule has 0 amide bonds. The fourth-order valence-corrected chi connectivity index (χ4v) is 2.87. The van der Waals surface area contributed by atoms with Crippen LogP contribution in [-0.2, 0) is 6.54 Å². The van der Waals surface area contributed by atoms with Gasteiger partial charge in [0.1, 0.15) is 5.75 Å². The second-order valence-corrected chi connectivity index (χ2v) is 6.02. The lowest BCUT2D eigenvalue weighted by Gasteiger charge is -2.29. The van der Waals surface area contributed by atoms with E-state index in [0.29, 0.717) is 5.88 Å². The van der Waals surface area contributed by atoms with E-state index in [4.69, 9.17) is 16.3 Å². The maximum Gasteiger partial charge on any atom is 0.119 e. The molecule has 1 rings (SSSR count). The Morgan fingerprint density at radius 3 is 2.53 bits per heavy atom. The number of rotatable bonds is 8. The molecule has 0 aliphatic carbocycles. The quantitative estimate of drug-likeness (QED) is 0.694. The molecule has 0 saturated heterocycles. The van der Waals surface area contributed by atoms with E-state index in [2.05, 4.69) is 41.2 Å². The summed E-state index contributed by atoms with van der Waals surface area (Å²) in [5, 5.41) is 3.52. The van der Waals surface area contributed by atoms with Gasteiger partial charge in [-0.3, -0.25) is 0 Å². The average Bonchev–Trinajstić information content (AvgIpc) is 2.46. The molecule has 0 aliphatic heterocycles. The molecule has 0 atom stereocenters. The topological polar surface area (TPSA) is 21.3 Å². The zero-order valence-electron chi connectivity index (χ0n) is 11.9. The van der Waals surface area contributed by atoms with Crippen molar-refractivity contribution < 1.29 is 4.74 Å². The SMILES string of the molecule is CCC(CC)(CCl)CNCc1cc(OC)ccc1Br. The highest BCUT2D eigenvalue weighted by atomic mass is 79.9. The Morgan fingerprint density at radius 1 is 1.32 bits per heavy atom. The molecule has 108 valence electrons. The molecule has 19 heavy (non-hydrogen) atoms. The molecule has 2 nitrogen and oxygen atoms in total. The third-order valence-corrected chi connectivity index (χ3v) is 5.19. The minimum atomic E-state index is 0.201. The molecule has 4 heteroatoms. The highest BCUT2D eigenvalue weighted by Crippen LogP contribution is 2.27. The van der Waals surface area contributed by atoms with Gasteiger partial charge in [-0.1, -0.05) is 29.8 Å². The van der Waals surface area contributed by atoms with E-state index in [-0.39, 0.29) is 5.41 Å². The Morgan fingerprint density at radius 2 is 2.00 bits per heavy atom. The lowest BCUT2D eigenvalue weighted by Crippen LogP contribution is -2.34. The number of ether oxygens (including phenoxy) is 1. The largest absolute Gasteiger partial charge is 0.497 e. The van der Waals surface area contributed by atoms with Gasteiger partial charge in [-0.25, -0.2) is 0 Å². The Labute approximate surface area is 130 Å². The van der Waals surface area contributed by atoms with Crippen LogP contribution in [0.3, 0.4) is 0 Å². The minimum Gasteiger partial charge on any atom is -0.497 e. The van der Waals surface area contributed by atoms with Gasteiger partial charge >= 0.3 is 0 Å². The Balaban J connectivity index is 2.62. The van der Waals surface area contributed by atoms with Crippen LogP contribution in [0.5, 0.6) is 5.75 Å². The second-order valence-electron chi connectivity index (χ2n) is 4.90. The maximum atomic E-state index is 6.12. The first-order chi connectivity index (χ1) is 9.10. The summed E-state index contributed by atoms with van der Waals surface area (Å²) in [5.41, 5.74) is 1.41. The van der Waals surface area contributed by atoms with Crippen LogP contribution in [0.15, 0.2) is 22.7 Å². The Hall–Kier alpha value is -0.250. The summed E-state index contributed by atoms with van der Waals surface area (Å²) in [6.07, 6.45) is 2.19. The number of halogens is 2.